The van der Waals surface area contributed by atoms with E-state index in [1.54, 1.807) is 0 Å². The van der Waals surface area contributed by atoms with E-state index in [1.165, 1.54) is 6.42 Å². The van der Waals surface area contributed by atoms with Crippen LogP contribution >= 0.6 is 15.9 Å². The van der Waals surface area contributed by atoms with Crippen LogP contribution in [-0.4, -0.2) is 17.0 Å². The van der Waals surface area contributed by atoms with E-state index in [0.29, 0.717) is 6.61 Å². The monoisotopic (exact) mass is 194 g/mol. The molecular weight excluding hydrogens is 180 g/mol. The van der Waals surface area contributed by atoms with Crippen molar-refractivity contribution in [3.8, 4) is 0 Å². The third kappa shape index (κ3) is 4.91. The molecule has 0 fully saturated rings. The molecule has 0 aliphatic carbocycles. The zero-order valence-corrected chi connectivity index (χ0v) is 7.52. The van der Waals surface area contributed by atoms with Gasteiger partial charge in [-0.2, -0.15) is 0 Å². The van der Waals surface area contributed by atoms with Crippen molar-refractivity contribution in [2.45, 2.75) is 26.2 Å². The molecule has 0 aromatic carbocycles. The Bertz CT molecular complexity index is 52.9. The molecule has 1 N–H and O–H groups in total. The fourth-order valence-corrected chi connectivity index (χ4v) is 1.55. The van der Waals surface area contributed by atoms with E-state index in [2.05, 4.69) is 22.9 Å². The number of hydrogen-bond donors (Lipinski definition) is 1. The third-order valence-electron chi connectivity index (χ3n) is 1.57. The molecule has 0 aromatic rings. The molecule has 0 spiro atoms. The first kappa shape index (κ1) is 9.44. The highest BCUT2D eigenvalue weighted by molar-refractivity contribution is 9.09. The van der Waals surface area contributed by atoms with Gasteiger partial charge in [0, 0.05) is 11.9 Å². The number of aliphatic hydroxyl groups is 1. The van der Waals surface area contributed by atoms with Gasteiger partial charge in [-0.05, 0) is 18.8 Å². The minimum Gasteiger partial charge on any atom is -0.396 e. The molecule has 2 heteroatoms. The van der Waals surface area contributed by atoms with Crippen LogP contribution in [0.1, 0.15) is 26.2 Å². The fourth-order valence-electron chi connectivity index (χ4n) is 0.770. The van der Waals surface area contributed by atoms with Gasteiger partial charge in [0.25, 0.3) is 0 Å². The zero-order valence-electron chi connectivity index (χ0n) is 5.94. The lowest BCUT2D eigenvalue weighted by atomic mass is 10.0. The molecule has 1 atom stereocenters. The van der Waals surface area contributed by atoms with Crippen LogP contribution in [0.25, 0.3) is 0 Å². The Hall–Kier alpha value is 0.440. The first-order valence-corrected chi connectivity index (χ1v) is 4.64. The van der Waals surface area contributed by atoms with Crippen molar-refractivity contribution >= 4 is 15.9 Å². The molecule has 0 rings (SSSR count). The maximum Gasteiger partial charge on any atom is 0.0431 e. The lowest BCUT2D eigenvalue weighted by molar-refractivity contribution is 0.273. The Morgan fingerprint density at radius 1 is 1.56 bits per heavy atom. The smallest absolute Gasteiger partial charge is 0.0431 e. The summed E-state index contributed by atoms with van der Waals surface area (Å²) in [7, 11) is 0. The largest absolute Gasteiger partial charge is 0.396 e. The predicted molar refractivity (Wildman–Crippen MR) is 43.9 cm³/mol. The van der Waals surface area contributed by atoms with Crippen molar-refractivity contribution in [3.63, 3.8) is 0 Å². The molecule has 0 radical (unpaired) electrons. The number of aliphatic hydroxyl groups excluding tert-OH is 1. The summed E-state index contributed by atoms with van der Waals surface area (Å²) in [5.74, 6) is 0.761. The van der Waals surface area contributed by atoms with Gasteiger partial charge >= 0.3 is 0 Å². The topological polar surface area (TPSA) is 20.2 Å². The highest BCUT2D eigenvalue weighted by Gasteiger charge is 2.01. The van der Waals surface area contributed by atoms with Gasteiger partial charge in [0.15, 0.2) is 0 Å². The first-order chi connectivity index (χ1) is 4.35. The van der Waals surface area contributed by atoms with Crippen molar-refractivity contribution in [1.29, 1.82) is 0 Å². The summed E-state index contributed by atoms with van der Waals surface area (Å²) in [5.41, 5.74) is 0. The number of alkyl halides is 1. The normalized spacial score (nSPS) is 13.7. The first-order valence-electron chi connectivity index (χ1n) is 3.52. The summed E-state index contributed by atoms with van der Waals surface area (Å²) < 4.78 is 0. The van der Waals surface area contributed by atoms with E-state index in [0.717, 1.165) is 24.1 Å². The van der Waals surface area contributed by atoms with Crippen molar-refractivity contribution in [2.75, 3.05) is 11.9 Å². The molecule has 56 valence electrons. The average Bonchev–Trinajstić information content (AvgIpc) is 1.91. The maximum absolute atomic E-state index is 8.49. The Morgan fingerprint density at radius 2 is 2.22 bits per heavy atom. The van der Waals surface area contributed by atoms with Gasteiger partial charge < -0.3 is 5.11 Å². The van der Waals surface area contributed by atoms with Crippen LogP contribution in [0.4, 0.5) is 0 Å². The van der Waals surface area contributed by atoms with E-state index >= 15 is 0 Å². The second-order valence-electron chi connectivity index (χ2n) is 2.29. The summed E-state index contributed by atoms with van der Waals surface area (Å²) >= 11 is 3.42. The quantitative estimate of drug-likeness (QED) is 0.666. The molecule has 9 heavy (non-hydrogen) atoms. The van der Waals surface area contributed by atoms with Crippen molar-refractivity contribution < 1.29 is 5.11 Å². The molecule has 0 aromatic heterocycles. The van der Waals surface area contributed by atoms with E-state index < -0.39 is 0 Å². The Labute approximate surface area is 65.6 Å². The molecular formula is C7H15BrO. The molecule has 0 aliphatic rings. The average molecular weight is 195 g/mol. The van der Waals surface area contributed by atoms with Crippen LogP contribution in [0, 0.1) is 5.92 Å². The second-order valence-corrected chi connectivity index (χ2v) is 2.94. The highest BCUT2D eigenvalue weighted by Crippen LogP contribution is 2.12. The second kappa shape index (κ2) is 6.56. The van der Waals surface area contributed by atoms with Crippen LogP contribution < -0.4 is 0 Å². The van der Waals surface area contributed by atoms with E-state index in [-0.39, 0.29) is 0 Å². The molecule has 0 heterocycles. The van der Waals surface area contributed by atoms with Gasteiger partial charge in [-0.1, -0.05) is 29.3 Å². The molecule has 0 saturated carbocycles. The summed E-state index contributed by atoms with van der Waals surface area (Å²) in [6.07, 6.45) is 3.31. The van der Waals surface area contributed by atoms with E-state index in [9.17, 15) is 0 Å². The van der Waals surface area contributed by atoms with Crippen LogP contribution in [0.15, 0.2) is 0 Å². The Kier molecular flexibility index (Phi) is 6.88. The fraction of sp³-hybridized carbons (Fsp3) is 1.00. The van der Waals surface area contributed by atoms with Crippen LogP contribution in [-0.2, 0) is 0 Å². The summed E-state index contributed by atoms with van der Waals surface area (Å²) in [6, 6.07) is 0. The SMILES string of the molecule is CCC(CBr)CCCO. The van der Waals surface area contributed by atoms with Crippen LogP contribution in [0.5, 0.6) is 0 Å². The molecule has 0 bridgehead atoms. The van der Waals surface area contributed by atoms with Gasteiger partial charge in [0.05, 0.1) is 0 Å². The van der Waals surface area contributed by atoms with E-state index in [4.69, 9.17) is 5.11 Å². The minimum absolute atomic E-state index is 0.337. The highest BCUT2D eigenvalue weighted by atomic mass is 79.9. The summed E-state index contributed by atoms with van der Waals surface area (Å²) in [5, 5.41) is 9.56. The molecule has 1 unspecified atom stereocenters. The van der Waals surface area contributed by atoms with Crippen molar-refractivity contribution in [1.82, 2.24) is 0 Å². The number of hydrogen-bond acceptors (Lipinski definition) is 1. The lowest BCUT2D eigenvalue weighted by Crippen LogP contribution is -2.00. The van der Waals surface area contributed by atoms with Crippen molar-refractivity contribution in [2.24, 2.45) is 5.92 Å². The van der Waals surface area contributed by atoms with Crippen molar-refractivity contribution in [3.05, 3.63) is 0 Å². The lowest BCUT2D eigenvalue weighted by Gasteiger charge is -2.08. The summed E-state index contributed by atoms with van der Waals surface area (Å²) in [4.78, 5) is 0. The Morgan fingerprint density at radius 3 is 2.56 bits per heavy atom. The molecule has 0 saturated heterocycles. The van der Waals surface area contributed by atoms with Gasteiger partial charge in [-0.25, -0.2) is 0 Å². The maximum atomic E-state index is 8.49. The van der Waals surface area contributed by atoms with E-state index in [1.807, 2.05) is 0 Å². The van der Waals surface area contributed by atoms with Gasteiger partial charge in [-0.3, -0.25) is 0 Å². The minimum atomic E-state index is 0.337. The molecule has 0 amide bonds. The zero-order chi connectivity index (χ0) is 7.11. The summed E-state index contributed by atoms with van der Waals surface area (Å²) in [6.45, 7) is 2.52. The third-order valence-corrected chi connectivity index (χ3v) is 2.48. The predicted octanol–water partition coefficient (Wildman–Crippen LogP) is 2.18. The van der Waals surface area contributed by atoms with Crippen LogP contribution in [0.3, 0.4) is 0 Å². The van der Waals surface area contributed by atoms with Gasteiger partial charge in [0.2, 0.25) is 0 Å². The molecule has 0 aliphatic heterocycles. The standard InChI is InChI=1S/C7H15BrO/c1-2-7(6-8)4-3-5-9/h7,9H,2-6H2,1H3. The Balaban J connectivity index is 3.09. The van der Waals surface area contributed by atoms with Gasteiger partial charge in [-0.15, -0.1) is 0 Å². The number of halogens is 1. The van der Waals surface area contributed by atoms with Gasteiger partial charge in [0.1, 0.15) is 0 Å². The van der Waals surface area contributed by atoms with Crippen LogP contribution in [0.2, 0.25) is 0 Å². The number of rotatable bonds is 5. The molecule has 1 nitrogen and oxygen atoms in total.